The molecule has 10 nitrogen and oxygen atoms in total. The molecule has 19 heteroatoms. The number of aliphatic hydroxyl groups is 1. The third-order valence-corrected chi connectivity index (χ3v) is 7.42. The molecule has 2 aromatic heterocycles. The first kappa shape index (κ1) is 37.3. The largest absolute Gasteiger partial charge is 0.444 e. The molecule has 2 amide bonds. The molecule has 4 unspecified atom stereocenters. The predicted octanol–water partition coefficient (Wildman–Crippen LogP) is 4.37. The second-order valence-electron chi connectivity index (χ2n) is 12.0. The molecule has 4 atom stereocenters. The number of piperazine rings is 1. The summed E-state index contributed by atoms with van der Waals surface area (Å²) >= 11 is 0. The zero-order valence-corrected chi connectivity index (χ0v) is 26.0. The maximum Gasteiger partial charge on any atom is 0.410 e. The van der Waals surface area contributed by atoms with Crippen molar-refractivity contribution in [2.24, 2.45) is 0 Å². The number of benzene rings is 1. The number of nitrogens with zero attached hydrogens (tertiary/aromatic N) is 4. The Morgan fingerprint density at radius 1 is 1.04 bits per heavy atom. The van der Waals surface area contributed by atoms with Crippen LogP contribution in [-0.2, 0) is 4.74 Å². The molecule has 1 fully saturated rings. The van der Waals surface area contributed by atoms with Crippen LogP contribution in [0, 0.1) is 23.3 Å². The van der Waals surface area contributed by atoms with Crippen LogP contribution in [0.1, 0.15) is 31.1 Å². The first-order valence-electron chi connectivity index (χ1n) is 14.6. The summed E-state index contributed by atoms with van der Waals surface area (Å²) < 4.78 is 133. The first-order chi connectivity index (χ1) is 22.9. The van der Waals surface area contributed by atoms with Gasteiger partial charge in [0.1, 0.15) is 29.3 Å². The fourth-order valence-corrected chi connectivity index (χ4v) is 5.15. The zero-order chi connectivity index (χ0) is 36.5. The molecule has 2 N–H and O–H groups in total. The fourth-order valence-electron chi connectivity index (χ4n) is 5.15. The minimum Gasteiger partial charge on any atom is -0.444 e. The maximum absolute atomic E-state index is 15.7. The standard InChI is InChI=1S/C30H30F9N5O5/c1-30(2,3)49-29(48)43-5-4-42(10-14(43)12-45)27-19(35)8-15-24(46)16(28(47)40-22(20(36)9-31)21(37)25(38)39)11-44(26(15)41-27)23-17(33)6-13(32)7-18(23)34/h6-8,11,14,20-22,25,45H,4-5,9-10,12H2,1-3H3,(H,40,47). The highest BCUT2D eigenvalue weighted by atomic mass is 19.3. The van der Waals surface area contributed by atoms with Crippen molar-refractivity contribution in [3.8, 4) is 5.69 Å². The van der Waals surface area contributed by atoms with Gasteiger partial charge in [-0.05, 0) is 26.8 Å². The number of halogens is 9. The molecule has 3 heterocycles. The number of anilines is 1. The number of hydrogen-bond acceptors (Lipinski definition) is 7. The van der Waals surface area contributed by atoms with Crippen molar-refractivity contribution in [2.75, 3.05) is 37.8 Å². The molecule has 0 aliphatic carbocycles. The number of aliphatic hydroxyl groups excluding tert-OH is 1. The van der Waals surface area contributed by atoms with Gasteiger partial charge >= 0.3 is 6.09 Å². The average molecular weight is 712 g/mol. The Morgan fingerprint density at radius 3 is 2.22 bits per heavy atom. The van der Waals surface area contributed by atoms with Gasteiger partial charge in [0.2, 0.25) is 5.43 Å². The number of fused-ring (bicyclic) bond motifs is 1. The van der Waals surface area contributed by atoms with E-state index in [0.717, 1.165) is 0 Å². The normalized spacial score (nSPS) is 17.3. The summed E-state index contributed by atoms with van der Waals surface area (Å²) in [7, 11) is 0. The molecule has 0 bridgehead atoms. The van der Waals surface area contributed by atoms with Gasteiger partial charge in [0.15, 0.2) is 41.3 Å². The van der Waals surface area contributed by atoms with Gasteiger partial charge in [0.25, 0.3) is 12.3 Å². The van der Waals surface area contributed by atoms with Crippen molar-refractivity contribution in [1.29, 1.82) is 0 Å². The number of rotatable bonds is 9. The lowest BCUT2D eigenvalue weighted by Gasteiger charge is -2.41. The molecular weight excluding hydrogens is 681 g/mol. The van der Waals surface area contributed by atoms with Gasteiger partial charge in [-0.25, -0.2) is 49.3 Å². The van der Waals surface area contributed by atoms with E-state index in [0.29, 0.717) is 16.8 Å². The summed E-state index contributed by atoms with van der Waals surface area (Å²) in [5.41, 5.74) is -5.43. The smallest absolute Gasteiger partial charge is 0.410 e. The number of alkyl halides is 5. The second-order valence-corrected chi connectivity index (χ2v) is 12.0. The van der Waals surface area contributed by atoms with E-state index in [-0.39, 0.29) is 31.8 Å². The monoisotopic (exact) mass is 711 g/mol. The second kappa shape index (κ2) is 14.5. The summed E-state index contributed by atoms with van der Waals surface area (Å²) in [5.74, 6) is -8.23. The summed E-state index contributed by atoms with van der Waals surface area (Å²) in [6, 6.07) is -2.85. The lowest BCUT2D eigenvalue weighted by atomic mass is 10.1. The third-order valence-electron chi connectivity index (χ3n) is 7.42. The minimum atomic E-state index is -3.90. The van der Waals surface area contributed by atoms with Crippen molar-refractivity contribution in [3.63, 3.8) is 0 Å². The molecule has 1 aliphatic rings. The predicted molar refractivity (Wildman–Crippen MR) is 156 cm³/mol. The van der Waals surface area contributed by atoms with Crippen LogP contribution < -0.4 is 15.6 Å². The lowest BCUT2D eigenvalue weighted by Crippen LogP contribution is -2.57. The molecule has 0 radical (unpaired) electrons. The number of ether oxygens (including phenoxy) is 1. The SMILES string of the molecule is CC(C)(C)OC(=O)N1CCN(c2nc3c(cc2F)c(=O)c(C(=O)NC(C(F)CF)C(F)C(F)F)cn3-c2c(F)cc(F)cc2F)CC1CO. The number of nitrogens with one attached hydrogen (secondary N) is 1. The van der Waals surface area contributed by atoms with Gasteiger partial charge in [-0.1, -0.05) is 0 Å². The van der Waals surface area contributed by atoms with Crippen LogP contribution >= 0.6 is 0 Å². The number of carbonyl (C=O) groups is 2. The number of pyridine rings is 2. The van der Waals surface area contributed by atoms with Crippen LogP contribution in [0.5, 0.6) is 0 Å². The van der Waals surface area contributed by atoms with Crippen molar-refractivity contribution >= 4 is 28.9 Å². The van der Waals surface area contributed by atoms with Crippen molar-refractivity contribution in [1.82, 2.24) is 19.8 Å². The fraction of sp³-hybridized carbons (Fsp3) is 0.467. The van der Waals surface area contributed by atoms with Crippen LogP contribution in [0.4, 0.5) is 50.1 Å². The van der Waals surface area contributed by atoms with E-state index < -0.39 is 119 Å². The Bertz CT molecular complexity index is 1760. The van der Waals surface area contributed by atoms with E-state index >= 15 is 13.2 Å². The summed E-state index contributed by atoms with van der Waals surface area (Å²) in [5, 5.41) is 10.6. The molecule has 1 saturated heterocycles. The van der Waals surface area contributed by atoms with Crippen LogP contribution in [0.15, 0.2) is 29.2 Å². The van der Waals surface area contributed by atoms with Gasteiger partial charge in [-0.3, -0.25) is 19.1 Å². The Kier molecular flexibility index (Phi) is 11.0. The topological polar surface area (TPSA) is 117 Å². The number of hydrogen-bond donors (Lipinski definition) is 2. The van der Waals surface area contributed by atoms with Crippen LogP contribution in [0.25, 0.3) is 16.7 Å². The molecule has 268 valence electrons. The Labute approximate surface area is 272 Å². The van der Waals surface area contributed by atoms with Gasteiger partial charge in [0.05, 0.1) is 24.1 Å². The highest BCUT2D eigenvalue weighted by Gasteiger charge is 2.39. The molecule has 3 aromatic rings. The average Bonchev–Trinajstić information content (AvgIpc) is 3.02. The van der Waals surface area contributed by atoms with E-state index in [2.05, 4.69) is 4.98 Å². The van der Waals surface area contributed by atoms with Gasteiger partial charge in [-0.15, -0.1) is 0 Å². The van der Waals surface area contributed by atoms with E-state index in [1.807, 2.05) is 0 Å². The van der Waals surface area contributed by atoms with Crippen molar-refractivity contribution in [2.45, 2.75) is 57.2 Å². The molecule has 0 spiro atoms. The summed E-state index contributed by atoms with van der Waals surface area (Å²) in [6.45, 7) is 1.69. The van der Waals surface area contributed by atoms with Crippen LogP contribution in [-0.4, -0.2) is 101 Å². The molecule has 4 rings (SSSR count). The van der Waals surface area contributed by atoms with Crippen molar-refractivity contribution < 1.29 is 58.9 Å². The molecule has 1 aliphatic heterocycles. The van der Waals surface area contributed by atoms with E-state index in [1.54, 1.807) is 20.8 Å². The highest BCUT2D eigenvalue weighted by molar-refractivity contribution is 5.97. The molecular formula is C30H30F9N5O5. The first-order valence-corrected chi connectivity index (χ1v) is 14.6. The van der Waals surface area contributed by atoms with E-state index in [9.17, 15) is 45.8 Å². The molecule has 0 saturated carbocycles. The lowest BCUT2D eigenvalue weighted by molar-refractivity contribution is 0.00503. The van der Waals surface area contributed by atoms with Gasteiger partial charge in [-0.2, -0.15) is 0 Å². The molecule has 1 aromatic carbocycles. The van der Waals surface area contributed by atoms with Crippen LogP contribution in [0.3, 0.4) is 0 Å². The van der Waals surface area contributed by atoms with Gasteiger partial charge in [0, 0.05) is 38.0 Å². The maximum atomic E-state index is 15.7. The quantitative estimate of drug-likeness (QED) is 0.317. The summed E-state index contributed by atoms with van der Waals surface area (Å²) in [4.78, 5) is 45.7. The van der Waals surface area contributed by atoms with E-state index in [4.69, 9.17) is 4.74 Å². The summed E-state index contributed by atoms with van der Waals surface area (Å²) in [6.07, 6.45) is -10.7. The van der Waals surface area contributed by atoms with Gasteiger partial charge < -0.3 is 20.1 Å². The van der Waals surface area contributed by atoms with Crippen LogP contribution in [0.2, 0.25) is 0 Å². The Balaban J connectivity index is 1.87. The van der Waals surface area contributed by atoms with E-state index in [1.165, 1.54) is 15.1 Å². The van der Waals surface area contributed by atoms with Crippen molar-refractivity contribution in [3.05, 3.63) is 63.5 Å². The minimum absolute atomic E-state index is 0.129. The Morgan fingerprint density at radius 2 is 1.67 bits per heavy atom. The number of aromatic nitrogens is 2. The number of amides is 2. The molecule has 49 heavy (non-hydrogen) atoms. The number of carbonyl (C=O) groups excluding carboxylic acids is 2. The third kappa shape index (κ3) is 7.86. The highest BCUT2D eigenvalue weighted by Crippen LogP contribution is 2.29. The Hall–Kier alpha value is -4.55. The zero-order valence-electron chi connectivity index (χ0n) is 26.0.